The van der Waals surface area contributed by atoms with Crippen LogP contribution in [0.3, 0.4) is 0 Å². The van der Waals surface area contributed by atoms with E-state index in [0.29, 0.717) is 23.8 Å². The number of hydrogen-bond acceptors (Lipinski definition) is 0. The molecule has 0 nitrogen and oxygen atoms in total. The second-order valence-electron chi connectivity index (χ2n) is 9.47. The van der Waals surface area contributed by atoms with E-state index in [9.17, 15) is 22.0 Å². The van der Waals surface area contributed by atoms with E-state index in [4.69, 9.17) is 0 Å². The van der Waals surface area contributed by atoms with Gasteiger partial charge in [0, 0.05) is 0 Å². The van der Waals surface area contributed by atoms with Crippen molar-refractivity contribution in [1.82, 2.24) is 0 Å². The van der Waals surface area contributed by atoms with Gasteiger partial charge in [0.05, 0.1) is 11.1 Å². The molecule has 3 rings (SSSR count). The molecular weight excluding hydrogens is 419 g/mol. The molecule has 1 saturated carbocycles. The van der Waals surface area contributed by atoms with Crippen LogP contribution < -0.4 is 0 Å². The lowest BCUT2D eigenvalue weighted by Crippen LogP contribution is -2.21. The van der Waals surface area contributed by atoms with Crippen molar-refractivity contribution in [2.24, 2.45) is 17.8 Å². The number of hydrogen-bond donors (Lipinski definition) is 0. The van der Waals surface area contributed by atoms with Crippen molar-refractivity contribution in [1.29, 1.82) is 0 Å². The number of benzene rings is 2. The molecule has 1 fully saturated rings. The van der Waals surface area contributed by atoms with Gasteiger partial charge < -0.3 is 0 Å². The maximum atomic E-state index is 14.8. The molecule has 2 aromatic rings. The van der Waals surface area contributed by atoms with E-state index >= 15 is 0 Å². The molecule has 176 valence electrons. The molecule has 1 atom stereocenters. The van der Waals surface area contributed by atoms with E-state index in [1.165, 1.54) is 63.5 Å². The van der Waals surface area contributed by atoms with Crippen LogP contribution in [0.5, 0.6) is 0 Å². The molecule has 1 aliphatic rings. The molecule has 0 saturated heterocycles. The van der Waals surface area contributed by atoms with Gasteiger partial charge in [-0.05, 0) is 72.4 Å². The Kier molecular flexibility index (Phi) is 8.35. The Balaban J connectivity index is 1.63. The van der Waals surface area contributed by atoms with Crippen LogP contribution in [0.25, 0.3) is 11.1 Å². The summed E-state index contributed by atoms with van der Waals surface area (Å²) in [6.45, 7) is 4.38. The lowest BCUT2D eigenvalue weighted by molar-refractivity contribution is -0.137. The Bertz CT molecular complexity index is 838. The summed E-state index contributed by atoms with van der Waals surface area (Å²) in [5, 5.41) is 0. The third-order valence-electron chi connectivity index (χ3n) is 7.07. The van der Waals surface area contributed by atoms with Crippen LogP contribution in [0.4, 0.5) is 22.0 Å². The van der Waals surface area contributed by atoms with E-state index in [1.54, 1.807) is 0 Å². The first-order valence-electron chi connectivity index (χ1n) is 11.8. The van der Waals surface area contributed by atoms with Gasteiger partial charge in [-0.3, -0.25) is 0 Å². The van der Waals surface area contributed by atoms with Gasteiger partial charge in [-0.15, -0.1) is 0 Å². The highest BCUT2D eigenvalue weighted by Gasteiger charge is 2.30. The Labute approximate surface area is 188 Å². The zero-order chi connectivity index (χ0) is 23.3. The maximum Gasteiger partial charge on any atom is 0.416 e. The van der Waals surface area contributed by atoms with Gasteiger partial charge in [0.25, 0.3) is 0 Å². The van der Waals surface area contributed by atoms with Crippen molar-refractivity contribution in [3.05, 3.63) is 59.2 Å². The summed E-state index contributed by atoms with van der Waals surface area (Å²) >= 11 is 0. The lowest BCUT2D eigenvalue weighted by Gasteiger charge is -2.32. The molecular formula is C27H33F5. The van der Waals surface area contributed by atoms with E-state index < -0.39 is 23.4 Å². The van der Waals surface area contributed by atoms with E-state index in [-0.39, 0.29) is 11.1 Å². The predicted molar refractivity (Wildman–Crippen MR) is 119 cm³/mol. The normalized spacial score (nSPS) is 20.3. The minimum Gasteiger partial charge on any atom is -0.206 e. The summed E-state index contributed by atoms with van der Waals surface area (Å²) in [7, 11) is 0. The fraction of sp³-hybridized carbons (Fsp3) is 0.556. The predicted octanol–water partition coefficient (Wildman–Crippen LogP) is 9.22. The Morgan fingerprint density at radius 1 is 0.906 bits per heavy atom. The quantitative estimate of drug-likeness (QED) is 0.277. The zero-order valence-electron chi connectivity index (χ0n) is 18.9. The van der Waals surface area contributed by atoms with Crippen LogP contribution in [-0.2, 0) is 12.6 Å². The highest BCUT2D eigenvalue weighted by Crippen LogP contribution is 2.38. The lowest BCUT2D eigenvalue weighted by atomic mass is 9.73. The van der Waals surface area contributed by atoms with Crippen molar-refractivity contribution in [2.45, 2.75) is 77.8 Å². The molecule has 0 bridgehead atoms. The first-order chi connectivity index (χ1) is 15.2. The Morgan fingerprint density at radius 2 is 1.50 bits per heavy atom. The first-order valence-corrected chi connectivity index (χ1v) is 11.8. The van der Waals surface area contributed by atoms with Gasteiger partial charge in [-0.25, -0.2) is 8.78 Å². The summed E-state index contributed by atoms with van der Waals surface area (Å²) < 4.78 is 67.8. The smallest absolute Gasteiger partial charge is 0.206 e. The van der Waals surface area contributed by atoms with Gasteiger partial charge in [0.2, 0.25) is 0 Å². The summed E-state index contributed by atoms with van der Waals surface area (Å²) in [5.41, 5.74) is -0.405. The number of rotatable bonds is 8. The van der Waals surface area contributed by atoms with Crippen molar-refractivity contribution in [3.8, 4) is 11.1 Å². The fourth-order valence-corrected chi connectivity index (χ4v) is 5.11. The third kappa shape index (κ3) is 6.32. The molecule has 2 aromatic carbocycles. The highest BCUT2D eigenvalue weighted by atomic mass is 19.4. The van der Waals surface area contributed by atoms with E-state index in [0.717, 1.165) is 30.2 Å². The van der Waals surface area contributed by atoms with Gasteiger partial charge in [0.1, 0.15) is 11.6 Å². The number of halogens is 5. The van der Waals surface area contributed by atoms with Crippen LogP contribution in [0, 0.1) is 29.4 Å². The molecule has 1 aliphatic carbocycles. The van der Waals surface area contributed by atoms with E-state index in [1.807, 2.05) is 0 Å². The molecule has 0 spiro atoms. The first kappa shape index (κ1) is 24.7. The third-order valence-corrected chi connectivity index (χ3v) is 7.07. The monoisotopic (exact) mass is 452 g/mol. The summed E-state index contributed by atoms with van der Waals surface area (Å²) in [5.74, 6) is 0.265. The SMILES string of the molecule is CCCCCC1CCC(C(C)Cc2cc(F)c(-c3ccc(C(F)(F)F)cc3)c(F)c2)CC1. The van der Waals surface area contributed by atoms with Crippen LogP contribution in [0.15, 0.2) is 36.4 Å². The molecule has 0 aromatic heterocycles. The molecule has 0 amide bonds. The topological polar surface area (TPSA) is 0 Å². The average Bonchev–Trinajstić information content (AvgIpc) is 2.73. The largest absolute Gasteiger partial charge is 0.416 e. The van der Waals surface area contributed by atoms with Crippen molar-refractivity contribution < 1.29 is 22.0 Å². The minimum atomic E-state index is -4.48. The molecule has 0 heterocycles. The fourth-order valence-electron chi connectivity index (χ4n) is 5.11. The van der Waals surface area contributed by atoms with Crippen molar-refractivity contribution in [2.75, 3.05) is 0 Å². The summed E-state index contributed by atoms with van der Waals surface area (Å²) in [6, 6.07) is 6.61. The van der Waals surface area contributed by atoms with Gasteiger partial charge in [0.15, 0.2) is 0 Å². The van der Waals surface area contributed by atoms with Crippen LogP contribution in [0.1, 0.15) is 76.3 Å². The Hall–Kier alpha value is -1.91. The molecule has 0 radical (unpaired) electrons. The molecule has 1 unspecified atom stereocenters. The molecule has 5 heteroatoms. The minimum absolute atomic E-state index is 0.106. The van der Waals surface area contributed by atoms with Gasteiger partial charge in [-0.2, -0.15) is 13.2 Å². The maximum absolute atomic E-state index is 14.8. The number of alkyl halides is 3. The molecule has 0 aliphatic heterocycles. The highest BCUT2D eigenvalue weighted by molar-refractivity contribution is 5.65. The molecule has 32 heavy (non-hydrogen) atoms. The van der Waals surface area contributed by atoms with Crippen LogP contribution in [0.2, 0.25) is 0 Å². The van der Waals surface area contributed by atoms with Gasteiger partial charge >= 0.3 is 6.18 Å². The van der Waals surface area contributed by atoms with Crippen molar-refractivity contribution in [3.63, 3.8) is 0 Å². The number of unbranched alkanes of at least 4 members (excludes halogenated alkanes) is 2. The van der Waals surface area contributed by atoms with E-state index in [2.05, 4.69) is 13.8 Å². The summed E-state index contributed by atoms with van der Waals surface area (Å²) in [6.07, 6.45) is 6.13. The summed E-state index contributed by atoms with van der Waals surface area (Å²) in [4.78, 5) is 0. The van der Waals surface area contributed by atoms with Crippen LogP contribution >= 0.6 is 0 Å². The second kappa shape index (κ2) is 10.8. The van der Waals surface area contributed by atoms with Gasteiger partial charge in [-0.1, -0.05) is 64.5 Å². The molecule has 0 N–H and O–H groups in total. The average molecular weight is 453 g/mol. The Morgan fingerprint density at radius 3 is 2.03 bits per heavy atom. The second-order valence-corrected chi connectivity index (χ2v) is 9.47. The standard InChI is InChI=1S/C27H33F5/c1-3-4-5-6-19-7-9-21(10-8-19)18(2)15-20-16-24(28)26(25(29)17-20)22-11-13-23(14-12-22)27(30,31)32/h11-14,16-19,21H,3-10,15H2,1-2H3. The van der Waals surface area contributed by atoms with Crippen molar-refractivity contribution >= 4 is 0 Å². The van der Waals surface area contributed by atoms with Crippen LogP contribution in [-0.4, -0.2) is 0 Å². The zero-order valence-corrected chi connectivity index (χ0v) is 18.9.